The number of aliphatic carboxylic acids is 1. The molecule has 5 nitrogen and oxygen atoms in total. The van der Waals surface area contributed by atoms with Crippen LogP contribution in [0, 0.1) is 6.92 Å². The molecule has 17 heavy (non-hydrogen) atoms. The summed E-state index contributed by atoms with van der Waals surface area (Å²) in [5.74, 6) is 0.00598. The number of hydrogen-bond donors (Lipinski definition) is 1. The molecule has 2 rings (SSSR count). The van der Waals surface area contributed by atoms with Crippen LogP contribution in [0.15, 0.2) is 10.6 Å². The van der Waals surface area contributed by atoms with E-state index in [1.807, 2.05) is 17.9 Å². The Balaban J connectivity index is 2.14. The van der Waals surface area contributed by atoms with Crippen molar-refractivity contribution in [1.29, 1.82) is 0 Å². The predicted octanol–water partition coefficient (Wildman–Crippen LogP) is 1.81. The summed E-state index contributed by atoms with van der Waals surface area (Å²) in [6, 6.07) is 1.86. The number of piperidine rings is 1. The van der Waals surface area contributed by atoms with Crippen molar-refractivity contribution in [3.05, 3.63) is 17.5 Å². The van der Waals surface area contributed by atoms with E-state index in [0.29, 0.717) is 13.0 Å². The van der Waals surface area contributed by atoms with Gasteiger partial charge >= 0.3 is 5.97 Å². The fourth-order valence-corrected chi connectivity index (χ4v) is 2.36. The minimum atomic E-state index is -0.773. The van der Waals surface area contributed by atoms with Crippen molar-refractivity contribution in [3.8, 4) is 0 Å². The minimum Gasteiger partial charge on any atom is -0.480 e. The highest BCUT2D eigenvalue weighted by Gasteiger charge is 2.41. The Morgan fingerprint density at radius 3 is 3.00 bits per heavy atom. The smallest absolute Gasteiger partial charge is 0.323 e. The lowest BCUT2D eigenvalue weighted by Crippen LogP contribution is -2.54. The number of nitrogens with zero attached hydrogens (tertiary/aromatic N) is 2. The summed E-state index contributed by atoms with van der Waals surface area (Å²) in [6.07, 6.45) is 2.70. The molecule has 0 radical (unpaired) electrons. The lowest BCUT2D eigenvalue weighted by Gasteiger charge is -2.41. The molecule has 1 unspecified atom stereocenters. The third-order valence-corrected chi connectivity index (χ3v) is 3.53. The van der Waals surface area contributed by atoms with Gasteiger partial charge in [-0.25, -0.2) is 0 Å². The number of carboxylic acids is 1. The highest BCUT2D eigenvalue weighted by molar-refractivity contribution is 5.78. The Morgan fingerprint density at radius 1 is 1.65 bits per heavy atom. The van der Waals surface area contributed by atoms with Crippen LogP contribution in [-0.2, 0) is 11.3 Å². The van der Waals surface area contributed by atoms with Crippen LogP contribution in [0.25, 0.3) is 0 Å². The standard InChI is InChI=1S/C12H18N2O3/c1-9-7-10(13-17-9)8-14-6-4-3-5-12(14,2)11(15)16/h7H,3-6,8H2,1-2H3,(H,15,16). The lowest BCUT2D eigenvalue weighted by atomic mass is 9.88. The van der Waals surface area contributed by atoms with Gasteiger partial charge in [-0.15, -0.1) is 0 Å². The molecule has 0 bridgehead atoms. The summed E-state index contributed by atoms with van der Waals surface area (Å²) >= 11 is 0. The summed E-state index contributed by atoms with van der Waals surface area (Å²) in [5, 5.41) is 13.3. The first-order valence-corrected chi connectivity index (χ1v) is 5.93. The van der Waals surface area contributed by atoms with Crippen LogP contribution in [0.5, 0.6) is 0 Å². The number of carbonyl (C=O) groups is 1. The maximum atomic E-state index is 11.4. The maximum Gasteiger partial charge on any atom is 0.323 e. The monoisotopic (exact) mass is 238 g/mol. The van der Waals surface area contributed by atoms with E-state index in [1.165, 1.54) is 0 Å². The molecule has 0 saturated carbocycles. The van der Waals surface area contributed by atoms with Gasteiger partial charge in [0.1, 0.15) is 11.3 Å². The fraction of sp³-hybridized carbons (Fsp3) is 0.667. The molecule has 1 saturated heterocycles. The molecule has 1 N–H and O–H groups in total. The normalized spacial score (nSPS) is 26.0. The van der Waals surface area contributed by atoms with E-state index in [1.54, 1.807) is 6.92 Å². The molecule has 94 valence electrons. The van der Waals surface area contributed by atoms with Gasteiger partial charge in [0.25, 0.3) is 0 Å². The second kappa shape index (κ2) is 4.49. The first kappa shape index (κ1) is 12.1. The van der Waals surface area contributed by atoms with Crippen molar-refractivity contribution < 1.29 is 14.4 Å². The summed E-state index contributed by atoms with van der Waals surface area (Å²) in [7, 11) is 0. The number of rotatable bonds is 3. The van der Waals surface area contributed by atoms with Gasteiger partial charge in [0.15, 0.2) is 0 Å². The Labute approximate surface area is 100 Å². The van der Waals surface area contributed by atoms with Gasteiger partial charge in [-0.3, -0.25) is 9.69 Å². The van der Waals surface area contributed by atoms with Crippen LogP contribution in [-0.4, -0.2) is 33.2 Å². The van der Waals surface area contributed by atoms with Crippen molar-refractivity contribution >= 4 is 5.97 Å². The largest absolute Gasteiger partial charge is 0.480 e. The number of hydrogen-bond acceptors (Lipinski definition) is 4. The van der Waals surface area contributed by atoms with Crippen LogP contribution < -0.4 is 0 Å². The molecular formula is C12H18N2O3. The topological polar surface area (TPSA) is 66.6 Å². The molecule has 2 heterocycles. The Kier molecular flexibility index (Phi) is 3.19. The highest BCUT2D eigenvalue weighted by Crippen LogP contribution is 2.29. The quantitative estimate of drug-likeness (QED) is 0.870. The van der Waals surface area contributed by atoms with Crippen molar-refractivity contribution in [2.75, 3.05) is 6.54 Å². The zero-order valence-corrected chi connectivity index (χ0v) is 10.3. The van der Waals surface area contributed by atoms with Crippen molar-refractivity contribution in [2.24, 2.45) is 0 Å². The molecule has 1 fully saturated rings. The molecule has 0 aliphatic carbocycles. The van der Waals surface area contributed by atoms with Crippen LogP contribution in [0.4, 0.5) is 0 Å². The summed E-state index contributed by atoms with van der Waals surface area (Å²) in [5.41, 5.74) is 0.0299. The number of aromatic nitrogens is 1. The predicted molar refractivity (Wildman–Crippen MR) is 61.5 cm³/mol. The first-order valence-electron chi connectivity index (χ1n) is 5.93. The molecule has 1 aliphatic rings. The van der Waals surface area contributed by atoms with Crippen molar-refractivity contribution in [3.63, 3.8) is 0 Å². The second-order valence-electron chi connectivity index (χ2n) is 4.89. The zero-order valence-electron chi connectivity index (χ0n) is 10.3. The third kappa shape index (κ3) is 2.34. The van der Waals surface area contributed by atoms with E-state index in [-0.39, 0.29) is 0 Å². The Morgan fingerprint density at radius 2 is 2.41 bits per heavy atom. The SMILES string of the molecule is Cc1cc(CN2CCCCC2(C)C(=O)O)no1. The van der Waals surface area contributed by atoms with Gasteiger partial charge < -0.3 is 9.63 Å². The van der Waals surface area contributed by atoms with Gasteiger partial charge in [-0.05, 0) is 39.7 Å². The van der Waals surface area contributed by atoms with Gasteiger partial charge in [0, 0.05) is 12.6 Å². The average Bonchev–Trinajstić information content (AvgIpc) is 2.67. The average molecular weight is 238 g/mol. The summed E-state index contributed by atoms with van der Waals surface area (Å²) < 4.78 is 5.01. The maximum absolute atomic E-state index is 11.4. The van der Waals surface area contributed by atoms with E-state index in [4.69, 9.17) is 4.52 Å². The summed E-state index contributed by atoms with van der Waals surface area (Å²) in [6.45, 7) is 4.97. The van der Waals surface area contributed by atoms with E-state index in [2.05, 4.69) is 5.16 Å². The lowest BCUT2D eigenvalue weighted by molar-refractivity contribution is -0.153. The summed E-state index contributed by atoms with van der Waals surface area (Å²) in [4.78, 5) is 13.4. The highest BCUT2D eigenvalue weighted by atomic mass is 16.5. The number of likely N-dealkylation sites (tertiary alicyclic amines) is 1. The second-order valence-corrected chi connectivity index (χ2v) is 4.89. The number of aryl methyl sites for hydroxylation is 1. The number of carboxylic acid groups (broad SMARTS) is 1. The molecule has 1 aromatic rings. The van der Waals surface area contributed by atoms with E-state index < -0.39 is 11.5 Å². The molecule has 1 aromatic heterocycles. The molecular weight excluding hydrogens is 220 g/mol. The molecule has 1 aliphatic heterocycles. The van der Waals surface area contributed by atoms with Crippen LogP contribution in [0.3, 0.4) is 0 Å². The Hall–Kier alpha value is -1.36. The van der Waals surface area contributed by atoms with E-state index in [9.17, 15) is 9.90 Å². The van der Waals surface area contributed by atoms with E-state index in [0.717, 1.165) is 30.8 Å². The molecule has 0 spiro atoms. The van der Waals surface area contributed by atoms with Crippen molar-refractivity contribution in [2.45, 2.75) is 45.2 Å². The molecule has 0 aromatic carbocycles. The van der Waals surface area contributed by atoms with E-state index >= 15 is 0 Å². The fourth-order valence-electron chi connectivity index (χ4n) is 2.36. The first-order chi connectivity index (χ1) is 8.02. The van der Waals surface area contributed by atoms with Gasteiger partial charge in [0.05, 0.1) is 5.69 Å². The molecule has 1 atom stereocenters. The third-order valence-electron chi connectivity index (χ3n) is 3.53. The van der Waals surface area contributed by atoms with Crippen LogP contribution in [0.1, 0.15) is 37.6 Å². The van der Waals surface area contributed by atoms with Gasteiger partial charge in [-0.1, -0.05) is 5.16 Å². The zero-order chi connectivity index (χ0) is 12.5. The minimum absolute atomic E-state index is 0.542. The van der Waals surface area contributed by atoms with Crippen LogP contribution in [0.2, 0.25) is 0 Å². The van der Waals surface area contributed by atoms with Crippen LogP contribution >= 0.6 is 0 Å². The van der Waals surface area contributed by atoms with Crippen molar-refractivity contribution in [1.82, 2.24) is 10.1 Å². The molecule has 0 amide bonds. The van der Waals surface area contributed by atoms with Gasteiger partial charge in [0.2, 0.25) is 0 Å². The van der Waals surface area contributed by atoms with Gasteiger partial charge in [-0.2, -0.15) is 0 Å². The molecule has 5 heteroatoms. The Bertz CT molecular complexity index is 416.